The summed E-state index contributed by atoms with van der Waals surface area (Å²) in [6, 6.07) is 9.66. The Kier molecular flexibility index (Phi) is 4.66. The van der Waals surface area contributed by atoms with Crippen LogP contribution < -0.4 is 10.1 Å². The second kappa shape index (κ2) is 7.41. The molecule has 3 aromatic heterocycles. The van der Waals surface area contributed by atoms with Crippen LogP contribution in [0.5, 0.6) is 5.88 Å². The van der Waals surface area contributed by atoms with Crippen molar-refractivity contribution < 1.29 is 4.74 Å². The van der Waals surface area contributed by atoms with Gasteiger partial charge in [0.05, 0.1) is 12.8 Å². The molecule has 0 unspecified atom stereocenters. The summed E-state index contributed by atoms with van der Waals surface area (Å²) in [7, 11) is 1.87. The van der Waals surface area contributed by atoms with Gasteiger partial charge in [-0.05, 0) is 18.6 Å². The molecule has 1 fully saturated rings. The Balaban J connectivity index is 1.37. The monoisotopic (exact) mass is 361 g/mol. The molecule has 1 aliphatic rings. The van der Waals surface area contributed by atoms with E-state index in [2.05, 4.69) is 25.4 Å². The number of aryl methyl sites for hydroxylation is 1. The third kappa shape index (κ3) is 4.20. The molecule has 2 atom stereocenters. The summed E-state index contributed by atoms with van der Waals surface area (Å²) in [5.41, 5.74) is 2.12. The lowest BCUT2D eigenvalue weighted by atomic mass is 10.2. The van der Waals surface area contributed by atoms with E-state index in [1.807, 2.05) is 43.7 Å². The lowest BCUT2D eigenvalue weighted by Gasteiger charge is -2.08. The molecule has 1 N–H and O–H groups in total. The molecular weight excluding hydrogens is 342 g/mol. The molecule has 0 aliphatic heterocycles. The van der Waals surface area contributed by atoms with Gasteiger partial charge in [0.15, 0.2) is 0 Å². The van der Waals surface area contributed by atoms with Crippen molar-refractivity contribution in [2.24, 2.45) is 13.0 Å². The first kappa shape index (κ1) is 17.0. The first-order valence-corrected chi connectivity index (χ1v) is 8.75. The minimum absolute atomic E-state index is 0.0817. The topological polar surface area (TPSA) is 102 Å². The Labute approximate surface area is 156 Å². The third-order valence-corrected chi connectivity index (χ3v) is 4.47. The van der Waals surface area contributed by atoms with Gasteiger partial charge >= 0.3 is 0 Å². The van der Waals surface area contributed by atoms with Crippen molar-refractivity contribution >= 4 is 5.82 Å². The molecule has 8 nitrogen and oxygen atoms in total. The van der Waals surface area contributed by atoms with Crippen LogP contribution in [0.3, 0.4) is 0 Å². The van der Waals surface area contributed by atoms with E-state index in [9.17, 15) is 5.26 Å². The summed E-state index contributed by atoms with van der Waals surface area (Å²) in [5.74, 6) is 1.90. The maximum atomic E-state index is 9.18. The normalized spacial score (nSPS) is 17.9. The molecule has 1 saturated carbocycles. The van der Waals surface area contributed by atoms with Gasteiger partial charge in [0.2, 0.25) is 11.7 Å². The van der Waals surface area contributed by atoms with Crippen molar-refractivity contribution in [1.82, 2.24) is 24.7 Å². The fourth-order valence-electron chi connectivity index (χ4n) is 2.98. The lowest BCUT2D eigenvalue weighted by Crippen LogP contribution is -2.07. The van der Waals surface area contributed by atoms with Crippen LogP contribution in [-0.2, 0) is 13.6 Å². The summed E-state index contributed by atoms with van der Waals surface area (Å²) >= 11 is 0. The summed E-state index contributed by atoms with van der Waals surface area (Å²) in [4.78, 5) is 12.7. The van der Waals surface area contributed by atoms with Crippen LogP contribution in [0.15, 0.2) is 42.9 Å². The van der Waals surface area contributed by atoms with Crippen LogP contribution >= 0.6 is 0 Å². The summed E-state index contributed by atoms with van der Waals surface area (Å²) in [6.45, 7) is 1.10. The zero-order valence-corrected chi connectivity index (χ0v) is 14.9. The number of hydrogen-bond acceptors (Lipinski definition) is 7. The number of ether oxygens (including phenoxy) is 1. The van der Waals surface area contributed by atoms with E-state index in [0.29, 0.717) is 36.7 Å². The zero-order chi connectivity index (χ0) is 18.6. The summed E-state index contributed by atoms with van der Waals surface area (Å²) in [5, 5.41) is 16.5. The Morgan fingerprint density at radius 2 is 2.30 bits per heavy atom. The van der Waals surface area contributed by atoms with Gasteiger partial charge in [0, 0.05) is 55.1 Å². The molecule has 27 heavy (non-hydrogen) atoms. The Bertz CT molecular complexity index is 964. The van der Waals surface area contributed by atoms with Crippen LogP contribution in [-0.4, -0.2) is 31.3 Å². The van der Waals surface area contributed by atoms with E-state index in [-0.39, 0.29) is 5.82 Å². The molecule has 0 spiro atoms. The largest absolute Gasteiger partial charge is 0.477 e. The van der Waals surface area contributed by atoms with Crippen molar-refractivity contribution in [2.75, 3.05) is 11.9 Å². The molecule has 0 saturated heterocycles. The smallest absolute Gasteiger partial charge is 0.237 e. The standard InChI is InChI=1S/C19H19N7O/c1-26-11-13(10-23-26)9-22-17-7-19(25-18(8-20)24-17)27-12-14-6-15(14)16-4-2-3-5-21-16/h2-5,7,10-11,14-15H,6,9,12H2,1H3,(H,22,24,25)/t14-,15+/m1/s1. The van der Waals surface area contributed by atoms with Gasteiger partial charge < -0.3 is 10.1 Å². The van der Waals surface area contributed by atoms with Crippen molar-refractivity contribution in [2.45, 2.75) is 18.9 Å². The predicted molar refractivity (Wildman–Crippen MR) is 97.9 cm³/mol. The van der Waals surface area contributed by atoms with Crippen LogP contribution in [0, 0.1) is 17.2 Å². The molecule has 3 heterocycles. The Hall–Kier alpha value is -3.47. The molecule has 8 heteroatoms. The van der Waals surface area contributed by atoms with Crippen molar-refractivity contribution in [3.8, 4) is 11.9 Å². The molecule has 3 aromatic rings. The Morgan fingerprint density at radius 3 is 3.04 bits per heavy atom. The molecule has 4 rings (SSSR count). The minimum Gasteiger partial charge on any atom is -0.477 e. The second-order valence-electron chi connectivity index (χ2n) is 6.57. The number of aromatic nitrogens is 5. The van der Waals surface area contributed by atoms with Crippen LogP contribution in [0.25, 0.3) is 0 Å². The highest BCUT2D eigenvalue weighted by Crippen LogP contribution is 2.46. The number of nitriles is 1. The number of pyridine rings is 1. The summed E-state index contributed by atoms with van der Waals surface area (Å²) in [6.07, 6.45) is 6.57. The Morgan fingerprint density at radius 1 is 1.37 bits per heavy atom. The molecule has 136 valence electrons. The highest BCUT2D eigenvalue weighted by molar-refractivity contribution is 5.41. The highest BCUT2D eigenvalue weighted by Gasteiger charge is 2.39. The predicted octanol–water partition coefficient (Wildman–Crippen LogP) is 2.27. The molecular formula is C19H19N7O. The molecule has 0 amide bonds. The number of anilines is 1. The SMILES string of the molecule is Cn1cc(CNc2cc(OC[C@H]3C[C@@H]3c3ccccn3)nc(C#N)n2)cn1. The molecule has 0 bridgehead atoms. The summed E-state index contributed by atoms with van der Waals surface area (Å²) < 4.78 is 7.57. The fraction of sp³-hybridized carbons (Fsp3) is 0.316. The van der Waals surface area contributed by atoms with E-state index >= 15 is 0 Å². The van der Waals surface area contributed by atoms with Crippen molar-refractivity contribution in [3.63, 3.8) is 0 Å². The number of hydrogen-bond donors (Lipinski definition) is 1. The van der Waals surface area contributed by atoms with E-state index in [0.717, 1.165) is 17.7 Å². The average Bonchev–Trinajstić information content (AvgIpc) is 3.37. The maximum absolute atomic E-state index is 9.18. The quantitative estimate of drug-likeness (QED) is 0.689. The zero-order valence-electron chi connectivity index (χ0n) is 14.9. The van der Waals surface area contributed by atoms with Crippen molar-refractivity contribution in [1.29, 1.82) is 5.26 Å². The highest BCUT2D eigenvalue weighted by atomic mass is 16.5. The van der Waals surface area contributed by atoms with E-state index in [4.69, 9.17) is 4.74 Å². The third-order valence-electron chi connectivity index (χ3n) is 4.47. The molecule has 1 aliphatic carbocycles. The number of nitrogens with zero attached hydrogens (tertiary/aromatic N) is 6. The van der Waals surface area contributed by atoms with E-state index in [1.165, 1.54) is 0 Å². The van der Waals surface area contributed by atoms with Crippen LogP contribution in [0.2, 0.25) is 0 Å². The maximum Gasteiger partial charge on any atom is 0.237 e. The van der Waals surface area contributed by atoms with E-state index < -0.39 is 0 Å². The van der Waals surface area contributed by atoms with Gasteiger partial charge in [-0.2, -0.15) is 15.3 Å². The van der Waals surface area contributed by atoms with Gasteiger partial charge in [-0.3, -0.25) is 9.67 Å². The van der Waals surface area contributed by atoms with Crippen LogP contribution in [0.1, 0.15) is 29.4 Å². The van der Waals surface area contributed by atoms with Gasteiger partial charge in [0.25, 0.3) is 0 Å². The molecule has 0 aromatic carbocycles. The van der Waals surface area contributed by atoms with E-state index in [1.54, 1.807) is 16.9 Å². The lowest BCUT2D eigenvalue weighted by molar-refractivity contribution is 0.285. The van der Waals surface area contributed by atoms with Gasteiger partial charge in [-0.25, -0.2) is 4.98 Å². The van der Waals surface area contributed by atoms with Crippen LogP contribution in [0.4, 0.5) is 5.82 Å². The second-order valence-corrected chi connectivity index (χ2v) is 6.57. The van der Waals surface area contributed by atoms with Gasteiger partial charge in [0.1, 0.15) is 11.9 Å². The number of nitrogens with one attached hydrogen (secondary N) is 1. The average molecular weight is 361 g/mol. The first-order valence-electron chi connectivity index (χ1n) is 8.75. The fourth-order valence-corrected chi connectivity index (χ4v) is 2.98. The van der Waals surface area contributed by atoms with Crippen molar-refractivity contribution in [3.05, 3.63) is 59.9 Å². The molecule has 0 radical (unpaired) electrons. The van der Waals surface area contributed by atoms with Gasteiger partial charge in [-0.1, -0.05) is 6.07 Å². The van der Waals surface area contributed by atoms with Gasteiger partial charge in [-0.15, -0.1) is 0 Å². The number of rotatable bonds is 7. The minimum atomic E-state index is 0.0817. The first-order chi connectivity index (χ1) is 13.2.